The van der Waals surface area contributed by atoms with Crippen LogP contribution in [0.1, 0.15) is 43.7 Å². The number of benzene rings is 1. The van der Waals surface area contributed by atoms with Gasteiger partial charge in [-0.2, -0.15) is 0 Å². The lowest BCUT2D eigenvalue weighted by Crippen LogP contribution is -2.47. The van der Waals surface area contributed by atoms with Gasteiger partial charge in [0.15, 0.2) is 5.75 Å². The van der Waals surface area contributed by atoms with Crippen molar-refractivity contribution >= 4 is 30.5 Å². The number of aromatic hydroxyl groups is 1. The number of phenolic OH excluding ortho intramolecular Hbond substituents is 1. The van der Waals surface area contributed by atoms with E-state index in [0.717, 1.165) is 57.9 Å². The first-order valence-electron chi connectivity index (χ1n) is 8.69. The molecule has 1 aliphatic carbocycles. The van der Waals surface area contributed by atoms with Gasteiger partial charge in [-0.15, -0.1) is 24.8 Å². The Morgan fingerprint density at radius 2 is 1.81 bits per heavy atom. The first-order chi connectivity index (χ1) is 11.6. The Labute approximate surface area is 165 Å². The Balaban J connectivity index is 0.00000169. The summed E-state index contributed by atoms with van der Waals surface area (Å²) >= 11 is 0. The highest BCUT2D eigenvalue weighted by Crippen LogP contribution is 2.44. The van der Waals surface area contributed by atoms with Crippen LogP contribution >= 0.6 is 24.8 Å². The van der Waals surface area contributed by atoms with Crippen molar-refractivity contribution in [1.29, 1.82) is 0 Å². The molecule has 148 valence electrons. The van der Waals surface area contributed by atoms with E-state index in [2.05, 4.69) is 10.2 Å². The summed E-state index contributed by atoms with van der Waals surface area (Å²) in [6.07, 6.45) is 5.45. The highest BCUT2D eigenvalue weighted by Gasteiger charge is 2.35. The monoisotopic (exact) mass is 409 g/mol. The third-order valence-electron chi connectivity index (χ3n) is 5.24. The molecule has 1 aromatic rings. The van der Waals surface area contributed by atoms with E-state index >= 15 is 0 Å². The van der Waals surface area contributed by atoms with Crippen molar-refractivity contribution in [2.45, 2.75) is 38.1 Å². The number of hydrogen-bond donors (Lipinski definition) is 2. The molecule has 9 heteroatoms. The summed E-state index contributed by atoms with van der Waals surface area (Å²) in [5, 5.41) is 24.9. The molecule has 1 aromatic carbocycles. The molecule has 0 amide bonds. The number of piperazine rings is 1. The number of hydrogen-bond acceptors (Lipinski definition) is 5. The van der Waals surface area contributed by atoms with E-state index in [1.807, 2.05) is 0 Å². The summed E-state index contributed by atoms with van der Waals surface area (Å²) in [5.74, 6) is -0.745. The number of nitro benzene ring substituents is 1. The number of nitrogens with one attached hydrogen (secondary N) is 1. The minimum Gasteiger partial charge on any atom is -0.502 e. The van der Waals surface area contributed by atoms with Gasteiger partial charge in [-0.05, 0) is 24.8 Å². The third-order valence-corrected chi connectivity index (χ3v) is 5.24. The van der Waals surface area contributed by atoms with E-state index in [1.54, 1.807) is 0 Å². The van der Waals surface area contributed by atoms with Gasteiger partial charge in [0.2, 0.25) is 0 Å². The Kier molecular flexibility index (Phi) is 9.03. The Morgan fingerprint density at radius 3 is 2.38 bits per heavy atom. The molecule has 2 fully saturated rings. The zero-order chi connectivity index (χ0) is 17.1. The average Bonchev–Trinajstić information content (AvgIpc) is 2.59. The zero-order valence-electron chi connectivity index (χ0n) is 14.5. The van der Waals surface area contributed by atoms with Crippen molar-refractivity contribution in [3.05, 3.63) is 33.6 Å². The number of nitro groups is 1. The quantitative estimate of drug-likeness (QED) is 0.583. The summed E-state index contributed by atoms with van der Waals surface area (Å²) in [5.41, 5.74) is -0.170. The first-order valence-corrected chi connectivity index (χ1v) is 8.69. The Hall–Kier alpha value is -1.15. The molecule has 6 nitrogen and oxygen atoms in total. The van der Waals surface area contributed by atoms with Crippen molar-refractivity contribution < 1.29 is 14.4 Å². The van der Waals surface area contributed by atoms with Crippen LogP contribution in [0.4, 0.5) is 10.1 Å². The molecule has 1 saturated carbocycles. The minimum absolute atomic E-state index is 0. The summed E-state index contributed by atoms with van der Waals surface area (Å²) in [7, 11) is 0. The van der Waals surface area contributed by atoms with Crippen LogP contribution in [0.2, 0.25) is 0 Å². The van der Waals surface area contributed by atoms with Crippen molar-refractivity contribution in [2.75, 3.05) is 26.2 Å². The highest BCUT2D eigenvalue weighted by atomic mass is 35.5. The standard InChI is InChI=1S/C17H24FN3O3.2ClH/c18-13-10-14(17(22)15(11-13)21(23)24)16(12-4-2-1-3-5-12)20-8-6-19-7-9-20;;/h10-12,16,19,22H,1-9H2;2*1H/t16-;;/m0../s1. The van der Waals surface area contributed by atoms with Crippen LogP contribution in [0.15, 0.2) is 12.1 Å². The zero-order valence-corrected chi connectivity index (χ0v) is 16.2. The maximum absolute atomic E-state index is 14.0. The van der Waals surface area contributed by atoms with Crippen molar-refractivity contribution in [3.63, 3.8) is 0 Å². The summed E-state index contributed by atoms with van der Waals surface area (Å²) in [6, 6.07) is 1.92. The van der Waals surface area contributed by atoms with Gasteiger partial charge in [-0.1, -0.05) is 19.3 Å². The maximum Gasteiger partial charge on any atom is 0.313 e. The van der Waals surface area contributed by atoms with Crippen LogP contribution in [0, 0.1) is 21.8 Å². The van der Waals surface area contributed by atoms with Crippen molar-refractivity contribution in [2.24, 2.45) is 5.92 Å². The average molecular weight is 410 g/mol. The van der Waals surface area contributed by atoms with E-state index in [0.29, 0.717) is 11.5 Å². The second-order valence-corrected chi connectivity index (χ2v) is 6.75. The molecule has 0 spiro atoms. The fourth-order valence-electron chi connectivity index (χ4n) is 4.13. The molecule has 26 heavy (non-hydrogen) atoms. The second-order valence-electron chi connectivity index (χ2n) is 6.75. The van der Waals surface area contributed by atoms with Crippen molar-refractivity contribution in [3.8, 4) is 5.75 Å². The smallest absolute Gasteiger partial charge is 0.313 e. The van der Waals surface area contributed by atoms with Crippen LogP contribution in [0.3, 0.4) is 0 Å². The second kappa shape index (κ2) is 10.3. The normalized spacial score (nSPS) is 19.9. The molecular formula is C17H26Cl2FN3O3. The third kappa shape index (κ3) is 4.97. The van der Waals surface area contributed by atoms with Crippen LogP contribution < -0.4 is 5.32 Å². The number of nitrogens with zero attached hydrogens (tertiary/aromatic N) is 2. The molecule has 0 unspecified atom stereocenters. The number of halogens is 3. The first kappa shape index (κ1) is 22.9. The van der Waals surface area contributed by atoms with Gasteiger partial charge < -0.3 is 10.4 Å². The lowest BCUT2D eigenvalue weighted by Gasteiger charge is -2.41. The van der Waals surface area contributed by atoms with Gasteiger partial charge in [0.05, 0.1) is 11.0 Å². The Bertz CT molecular complexity index is 591. The highest BCUT2D eigenvalue weighted by molar-refractivity contribution is 5.85. The molecule has 1 atom stereocenters. The van der Waals surface area contributed by atoms with Crippen LogP contribution in [-0.2, 0) is 0 Å². The summed E-state index contributed by atoms with van der Waals surface area (Å²) in [6.45, 7) is 3.26. The van der Waals surface area contributed by atoms with E-state index in [-0.39, 0.29) is 36.6 Å². The fraction of sp³-hybridized carbons (Fsp3) is 0.647. The molecule has 2 N–H and O–H groups in total. The van der Waals surface area contributed by atoms with Crippen LogP contribution in [-0.4, -0.2) is 41.1 Å². The molecule has 0 bridgehead atoms. The van der Waals surface area contributed by atoms with E-state index in [4.69, 9.17) is 0 Å². The topological polar surface area (TPSA) is 78.6 Å². The van der Waals surface area contributed by atoms with Crippen molar-refractivity contribution in [1.82, 2.24) is 10.2 Å². The lowest BCUT2D eigenvalue weighted by molar-refractivity contribution is -0.386. The van der Waals surface area contributed by atoms with E-state index < -0.39 is 16.4 Å². The van der Waals surface area contributed by atoms with Gasteiger partial charge in [0.25, 0.3) is 0 Å². The number of phenols is 1. The minimum atomic E-state index is -0.711. The molecule has 1 heterocycles. The molecule has 0 aromatic heterocycles. The summed E-state index contributed by atoms with van der Waals surface area (Å²) < 4.78 is 14.0. The van der Waals surface area contributed by atoms with Gasteiger partial charge in [0, 0.05) is 37.8 Å². The van der Waals surface area contributed by atoms with E-state index in [9.17, 15) is 19.6 Å². The van der Waals surface area contributed by atoms with Gasteiger partial charge in [-0.3, -0.25) is 15.0 Å². The summed E-state index contributed by atoms with van der Waals surface area (Å²) in [4.78, 5) is 12.7. The van der Waals surface area contributed by atoms with E-state index in [1.165, 1.54) is 12.5 Å². The SMILES string of the molecule is Cl.Cl.O=[N+]([O-])c1cc(F)cc([C@H](C2CCCCC2)N2CCNCC2)c1O. The van der Waals surface area contributed by atoms with Crippen LogP contribution in [0.25, 0.3) is 0 Å². The predicted molar refractivity (Wildman–Crippen MR) is 103 cm³/mol. The van der Waals surface area contributed by atoms with Gasteiger partial charge in [-0.25, -0.2) is 4.39 Å². The molecular weight excluding hydrogens is 384 g/mol. The van der Waals surface area contributed by atoms with Gasteiger partial charge in [0.1, 0.15) is 5.82 Å². The molecule has 3 rings (SSSR count). The molecule has 1 saturated heterocycles. The molecule has 0 radical (unpaired) electrons. The fourth-order valence-corrected chi connectivity index (χ4v) is 4.13. The molecule has 2 aliphatic rings. The largest absolute Gasteiger partial charge is 0.502 e. The predicted octanol–water partition coefficient (Wildman–Crippen LogP) is 3.81. The van der Waals surface area contributed by atoms with Gasteiger partial charge >= 0.3 is 5.69 Å². The Morgan fingerprint density at radius 1 is 1.19 bits per heavy atom. The molecule has 1 aliphatic heterocycles. The maximum atomic E-state index is 14.0. The van der Waals surface area contributed by atoms with Crippen LogP contribution in [0.5, 0.6) is 5.75 Å². The number of rotatable bonds is 4. The lowest BCUT2D eigenvalue weighted by atomic mass is 9.79.